The Balaban J connectivity index is 1.43. The number of carbonyl (C=O) groups excluding carboxylic acids is 1. The number of ether oxygens (including phenoxy) is 2. The number of hydrogen-bond donors (Lipinski definition) is 2. The minimum absolute atomic E-state index is 0.0297. The van der Waals surface area contributed by atoms with Crippen molar-refractivity contribution >= 4 is 27.5 Å². The van der Waals surface area contributed by atoms with Crippen LogP contribution in [-0.4, -0.2) is 80.6 Å². The molecule has 0 saturated carbocycles. The molecule has 194 valence electrons. The maximum Gasteiger partial charge on any atom is 0.410 e. The van der Waals surface area contributed by atoms with Crippen LogP contribution in [0.25, 0.3) is 5.57 Å². The highest BCUT2D eigenvalue weighted by molar-refractivity contribution is 7.92. The van der Waals surface area contributed by atoms with E-state index in [1.165, 1.54) is 4.90 Å². The van der Waals surface area contributed by atoms with E-state index < -0.39 is 38.4 Å². The second-order valence-corrected chi connectivity index (χ2v) is 11.9. The van der Waals surface area contributed by atoms with E-state index in [4.69, 9.17) is 14.7 Å². The first-order valence-electron chi connectivity index (χ1n) is 12.1. The molecule has 0 bridgehead atoms. The first-order chi connectivity index (χ1) is 17.1. The molecule has 1 aromatic carbocycles. The van der Waals surface area contributed by atoms with Crippen LogP contribution in [0, 0.1) is 23.7 Å². The summed E-state index contributed by atoms with van der Waals surface area (Å²) in [4.78, 5) is 26.2. The lowest BCUT2D eigenvalue weighted by Crippen LogP contribution is -2.52. The third kappa shape index (κ3) is 5.56. The molecule has 0 spiro atoms. The van der Waals surface area contributed by atoms with Gasteiger partial charge >= 0.3 is 12.1 Å². The Bertz CT molecular complexity index is 1190. The number of carboxylic acid groups (broad SMARTS) is 1. The van der Waals surface area contributed by atoms with Gasteiger partial charge < -0.3 is 19.5 Å². The number of amides is 1. The summed E-state index contributed by atoms with van der Waals surface area (Å²) >= 11 is 0. The van der Waals surface area contributed by atoms with Gasteiger partial charge in [0.2, 0.25) is 0 Å². The van der Waals surface area contributed by atoms with E-state index in [-0.39, 0.29) is 38.5 Å². The van der Waals surface area contributed by atoms with Crippen molar-refractivity contribution in [1.82, 2.24) is 10.2 Å². The first-order valence-corrected chi connectivity index (χ1v) is 13.8. The van der Waals surface area contributed by atoms with E-state index in [1.807, 2.05) is 19.1 Å². The smallest absolute Gasteiger partial charge is 0.410 e. The van der Waals surface area contributed by atoms with E-state index in [1.54, 1.807) is 12.1 Å². The van der Waals surface area contributed by atoms with Crippen molar-refractivity contribution in [3.63, 3.8) is 0 Å². The second-order valence-electron chi connectivity index (χ2n) is 9.72. The number of carbonyl (C=O) groups is 2. The molecular weight excluding hydrogens is 486 g/mol. The molecule has 36 heavy (non-hydrogen) atoms. The van der Waals surface area contributed by atoms with Gasteiger partial charge in [0.25, 0.3) is 0 Å². The number of carboxylic acids is 1. The highest BCUT2D eigenvalue weighted by atomic mass is 32.2. The summed E-state index contributed by atoms with van der Waals surface area (Å²) in [6, 6.07) is 7.38. The maximum absolute atomic E-state index is 13.5. The molecule has 0 aromatic heterocycles. The van der Waals surface area contributed by atoms with Gasteiger partial charge in [-0.15, -0.1) is 0 Å². The fraction of sp³-hybridized carbons (Fsp3) is 0.560. The molecule has 10 nitrogen and oxygen atoms in total. The zero-order chi connectivity index (χ0) is 25.9. The SMILES string of the molecule is Cc1cc(C#N)ccc1C1=CCNC(S(=O)(=O)CC2(C(=O)O)CCN(C(=O)O[C@H]3CCOC3)CC2)C1. The minimum atomic E-state index is -3.85. The number of likely N-dealkylation sites (tertiary alicyclic amines) is 1. The Morgan fingerprint density at radius 2 is 2.08 bits per heavy atom. The van der Waals surface area contributed by atoms with Crippen molar-refractivity contribution < 1.29 is 32.6 Å². The van der Waals surface area contributed by atoms with Gasteiger partial charge in [0.1, 0.15) is 11.5 Å². The number of nitriles is 1. The highest BCUT2D eigenvalue weighted by Crippen LogP contribution is 2.36. The van der Waals surface area contributed by atoms with Crippen LogP contribution < -0.4 is 5.32 Å². The standard InChI is InChI=1S/C25H31N3O7S/c1-17-12-18(14-26)2-3-21(17)19-4-8-27-22(13-19)36(32,33)16-25(23(29)30)6-9-28(10-7-25)24(31)35-20-5-11-34-15-20/h2-4,12,20,22,27H,5-11,13,15-16H2,1H3,(H,29,30)/t20-,22?/m0/s1. The maximum atomic E-state index is 13.5. The van der Waals surface area contributed by atoms with Crippen LogP contribution in [0.5, 0.6) is 0 Å². The Kier molecular flexibility index (Phi) is 7.68. The Hall–Kier alpha value is -2.94. The average Bonchev–Trinajstić information content (AvgIpc) is 3.37. The number of aryl methyl sites for hydroxylation is 1. The zero-order valence-corrected chi connectivity index (χ0v) is 21.1. The summed E-state index contributed by atoms with van der Waals surface area (Å²) in [6.07, 6.45) is 1.99. The largest absolute Gasteiger partial charge is 0.481 e. The predicted octanol–water partition coefficient (Wildman–Crippen LogP) is 2.08. The lowest BCUT2D eigenvalue weighted by atomic mass is 9.80. The minimum Gasteiger partial charge on any atom is -0.481 e. The molecule has 3 heterocycles. The predicted molar refractivity (Wildman–Crippen MR) is 131 cm³/mol. The van der Waals surface area contributed by atoms with E-state index in [2.05, 4.69) is 11.4 Å². The lowest BCUT2D eigenvalue weighted by molar-refractivity contribution is -0.150. The third-order valence-electron chi connectivity index (χ3n) is 7.30. The number of sulfone groups is 1. The molecule has 11 heteroatoms. The molecule has 4 rings (SSSR count). The monoisotopic (exact) mass is 517 g/mol. The van der Waals surface area contributed by atoms with E-state index in [9.17, 15) is 23.1 Å². The van der Waals surface area contributed by atoms with Gasteiger partial charge in [0, 0.05) is 32.5 Å². The van der Waals surface area contributed by atoms with Crippen molar-refractivity contribution in [1.29, 1.82) is 5.26 Å². The molecule has 2 fully saturated rings. The molecule has 2 N–H and O–H groups in total. The third-order valence-corrected chi connectivity index (χ3v) is 9.45. The quantitative estimate of drug-likeness (QED) is 0.579. The Labute approximate surface area is 210 Å². The summed E-state index contributed by atoms with van der Waals surface area (Å²) in [7, 11) is -3.85. The van der Waals surface area contributed by atoms with Gasteiger partial charge in [-0.05, 0) is 48.6 Å². The number of nitrogens with one attached hydrogen (secondary N) is 1. The molecule has 1 amide bonds. The average molecular weight is 518 g/mol. The molecule has 1 aromatic rings. The summed E-state index contributed by atoms with van der Waals surface area (Å²) in [5.74, 6) is -1.68. The fourth-order valence-electron chi connectivity index (χ4n) is 5.08. The van der Waals surface area contributed by atoms with Crippen LogP contribution in [0.4, 0.5) is 4.79 Å². The zero-order valence-electron chi connectivity index (χ0n) is 20.2. The van der Waals surface area contributed by atoms with E-state index in [0.717, 1.165) is 16.7 Å². The van der Waals surface area contributed by atoms with Crippen LogP contribution >= 0.6 is 0 Å². The first kappa shape index (κ1) is 26.1. The Morgan fingerprint density at radius 1 is 1.33 bits per heavy atom. The number of nitrogens with zero attached hydrogens (tertiary/aromatic N) is 2. The van der Waals surface area contributed by atoms with Crippen LogP contribution in [0.1, 0.15) is 42.4 Å². The van der Waals surface area contributed by atoms with Gasteiger partial charge in [-0.3, -0.25) is 10.1 Å². The molecule has 2 atom stereocenters. The van der Waals surface area contributed by atoms with Crippen molar-refractivity contribution in [2.75, 3.05) is 38.6 Å². The van der Waals surface area contributed by atoms with Gasteiger partial charge in [0.15, 0.2) is 9.84 Å². The van der Waals surface area contributed by atoms with E-state index in [0.29, 0.717) is 31.7 Å². The van der Waals surface area contributed by atoms with Gasteiger partial charge in [-0.2, -0.15) is 5.26 Å². The number of hydrogen-bond acceptors (Lipinski definition) is 8. The van der Waals surface area contributed by atoms with Crippen molar-refractivity contribution in [3.05, 3.63) is 41.0 Å². The van der Waals surface area contributed by atoms with Crippen molar-refractivity contribution in [3.8, 4) is 6.07 Å². The van der Waals surface area contributed by atoms with Crippen LogP contribution in [0.15, 0.2) is 24.3 Å². The molecular formula is C25H31N3O7S. The summed E-state index contributed by atoms with van der Waals surface area (Å²) < 4.78 is 37.5. The molecule has 0 radical (unpaired) electrons. The number of piperidine rings is 1. The normalized spacial score (nSPS) is 24.0. The van der Waals surface area contributed by atoms with Crippen LogP contribution in [0.3, 0.4) is 0 Å². The second kappa shape index (κ2) is 10.6. The summed E-state index contributed by atoms with van der Waals surface area (Å²) in [5.41, 5.74) is 1.67. The molecule has 3 aliphatic rings. The van der Waals surface area contributed by atoms with Gasteiger partial charge in [-0.25, -0.2) is 13.2 Å². The fourth-order valence-corrected chi connectivity index (χ4v) is 7.25. The summed E-state index contributed by atoms with van der Waals surface area (Å²) in [6.45, 7) is 3.33. The number of rotatable bonds is 6. The molecule has 0 aliphatic carbocycles. The summed E-state index contributed by atoms with van der Waals surface area (Å²) in [5, 5.41) is 21.2. The van der Waals surface area contributed by atoms with Gasteiger partial charge in [0.05, 0.1) is 36.0 Å². The molecule has 1 unspecified atom stereocenters. The number of aliphatic carboxylic acids is 1. The number of benzene rings is 1. The van der Waals surface area contributed by atoms with Crippen molar-refractivity contribution in [2.45, 2.75) is 44.1 Å². The lowest BCUT2D eigenvalue weighted by Gasteiger charge is -2.39. The van der Waals surface area contributed by atoms with Crippen molar-refractivity contribution in [2.24, 2.45) is 5.41 Å². The van der Waals surface area contributed by atoms with Crippen LogP contribution in [0.2, 0.25) is 0 Å². The van der Waals surface area contributed by atoms with E-state index >= 15 is 0 Å². The molecule has 2 saturated heterocycles. The highest BCUT2D eigenvalue weighted by Gasteiger charge is 2.48. The molecule has 3 aliphatic heterocycles. The topological polar surface area (TPSA) is 146 Å². The van der Waals surface area contributed by atoms with Gasteiger partial charge in [-0.1, -0.05) is 12.1 Å². The van der Waals surface area contributed by atoms with Crippen LogP contribution in [-0.2, 0) is 24.1 Å². The Morgan fingerprint density at radius 3 is 2.69 bits per heavy atom.